The van der Waals surface area contributed by atoms with Crippen LogP contribution in [0.15, 0.2) is 54.6 Å². The smallest absolute Gasteiger partial charge is 0.374 e. The summed E-state index contributed by atoms with van der Waals surface area (Å²) in [6, 6.07) is 16.1. The molecule has 0 saturated heterocycles. The Morgan fingerprint density at radius 3 is 2.44 bits per heavy atom. The number of halogens is 1. The van der Waals surface area contributed by atoms with Crippen molar-refractivity contribution in [3.8, 4) is 0 Å². The Labute approximate surface area is 149 Å². The molecule has 25 heavy (non-hydrogen) atoms. The van der Waals surface area contributed by atoms with E-state index in [9.17, 15) is 14.4 Å². The number of esters is 1. The van der Waals surface area contributed by atoms with Crippen LogP contribution in [0.5, 0.6) is 0 Å². The molecule has 1 heterocycles. The van der Waals surface area contributed by atoms with Crippen LogP contribution in [0.1, 0.15) is 23.5 Å². The van der Waals surface area contributed by atoms with E-state index < -0.39 is 28.5 Å². The largest absolute Gasteiger partial charge is 0.463 e. The lowest BCUT2D eigenvalue weighted by Gasteiger charge is -2.30. The molecule has 0 aliphatic carbocycles. The van der Waals surface area contributed by atoms with Crippen molar-refractivity contribution in [2.24, 2.45) is 0 Å². The molecule has 6 heteroatoms. The fourth-order valence-corrected chi connectivity index (χ4v) is 3.56. The lowest BCUT2D eigenvalue weighted by Crippen LogP contribution is -2.37. The van der Waals surface area contributed by atoms with E-state index in [1.807, 2.05) is 6.07 Å². The second kappa shape index (κ2) is 6.69. The number of benzene rings is 2. The molecule has 3 rings (SSSR count). The number of carbonyl (C=O) groups excluding carboxylic acids is 3. The molecular weight excluding hydrogens is 342 g/mol. The summed E-state index contributed by atoms with van der Waals surface area (Å²) in [6.45, 7) is 0. The van der Waals surface area contributed by atoms with Crippen LogP contribution in [0.4, 0.5) is 5.69 Å². The maximum atomic E-state index is 12.7. The van der Waals surface area contributed by atoms with Gasteiger partial charge in [-0.15, -0.1) is 11.6 Å². The van der Waals surface area contributed by atoms with Gasteiger partial charge < -0.3 is 10.1 Å². The Hall–Kier alpha value is -2.66. The second-order valence-corrected chi connectivity index (χ2v) is 6.39. The summed E-state index contributed by atoms with van der Waals surface area (Å²) >= 11 is 6.83. The molecule has 1 N–H and O–H groups in total. The number of anilines is 1. The molecule has 0 aromatic heterocycles. The Kier molecular flexibility index (Phi) is 4.59. The van der Waals surface area contributed by atoms with Gasteiger partial charge in [0.15, 0.2) is 4.87 Å². The number of alkyl halides is 1. The predicted octanol–water partition coefficient (Wildman–Crippen LogP) is 2.99. The highest BCUT2D eigenvalue weighted by molar-refractivity contribution is 6.40. The van der Waals surface area contributed by atoms with Gasteiger partial charge in [-0.2, -0.15) is 0 Å². The molecule has 1 aliphatic rings. The SMILES string of the molecule is COC(=O)C(=O)C[C@H](c1ccccc1)[C@]1(Cl)C(=O)Nc2ccccc21. The van der Waals surface area contributed by atoms with Crippen molar-refractivity contribution in [1.82, 2.24) is 0 Å². The summed E-state index contributed by atoms with van der Waals surface area (Å²) < 4.78 is 4.51. The van der Waals surface area contributed by atoms with Crippen molar-refractivity contribution >= 4 is 34.9 Å². The van der Waals surface area contributed by atoms with Gasteiger partial charge in [-0.3, -0.25) is 9.59 Å². The molecule has 0 saturated carbocycles. The highest BCUT2D eigenvalue weighted by atomic mass is 35.5. The highest BCUT2D eigenvalue weighted by Gasteiger charge is 2.52. The van der Waals surface area contributed by atoms with Gasteiger partial charge >= 0.3 is 5.97 Å². The third-order valence-corrected chi connectivity index (χ3v) is 5.02. The minimum atomic E-state index is -1.48. The van der Waals surface area contributed by atoms with Crippen LogP contribution >= 0.6 is 11.6 Å². The van der Waals surface area contributed by atoms with Gasteiger partial charge in [0.2, 0.25) is 5.78 Å². The molecule has 2 aromatic carbocycles. The van der Waals surface area contributed by atoms with Crippen LogP contribution < -0.4 is 5.32 Å². The summed E-state index contributed by atoms with van der Waals surface area (Å²) in [7, 11) is 1.14. The first-order chi connectivity index (χ1) is 12.0. The summed E-state index contributed by atoms with van der Waals surface area (Å²) in [6.07, 6.45) is -0.234. The highest BCUT2D eigenvalue weighted by Crippen LogP contribution is 2.51. The molecule has 5 nitrogen and oxygen atoms in total. The van der Waals surface area contributed by atoms with Crippen LogP contribution in [0, 0.1) is 0 Å². The minimum Gasteiger partial charge on any atom is -0.463 e. The molecule has 0 spiro atoms. The zero-order valence-electron chi connectivity index (χ0n) is 13.5. The number of nitrogens with one attached hydrogen (secondary N) is 1. The van der Waals surface area contributed by atoms with Gasteiger partial charge in [-0.05, 0) is 11.6 Å². The lowest BCUT2D eigenvalue weighted by molar-refractivity contribution is -0.152. The summed E-state index contributed by atoms with van der Waals surface area (Å²) in [4.78, 5) is 35.1. The fraction of sp³-hybridized carbons (Fsp3) is 0.211. The average molecular weight is 358 g/mol. The van der Waals surface area contributed by atoms with Gasteiger partial charge in [0.1, 0.15) is 0 Å². The van der Waals surface area contributed by atoms with Gasteiger partial charge in [0, 0.05) is 23.6 Å². The Balaban J connectivity index is 2.10. The summed E-state index contributed by atoms with van der Waals surface area (Å²) in [5.74, 6) is -2.81. The Morgan fingerprint density at radius 1 is 1.12 bits per heavy atom. The molecule has 2 aromatic rings. The van der Waals surface area contributed by atoms with Crippen LogP contribution in [0.2, 0.25) is 0 Å². The first-order valence-electron chi connectivity index (χ1n) is 7.74. The maximum Gasteiger partial charge on any atom is 0.374 e. The Morgan fingerprint density at radius 2 is 1.76 bits per heavy atom. The van der Waals surface area contributed by atoms with Crippen LogP contribution in [-0.4, -0.2) is 24.8 Å². The van der Waals surface area contributed by atoms with Gasteiger partial charge in [-0.1, -0.05) is 48.5 Å². The van der Waals surface area contributed by atoms with Crippen LogP contribution in [0.3, 0.4) is 0 Å². The van der Waals surface area contributed by atoms with Crippen molar-refractivity contribution in [2.45, 2.75) is 17.2 Å². The number of amides is 1. The molecule has 128 valence electrons. The zero-order valence-corrected chi connectivity index (χ0v) is 14.2. The first-order valence-corrected chi connectivity index (χ1v) is 8.12. The summed E-state index contributed by atoms with van der Waals surface area (Å²) in [5.41, 5.74) is 1.89. The monoisotopic (exact) mass is 357 g/mol. The van der Waals surface area contributed by atoms with E-state index in [0.717, 1.165) is 7.11 Å². The molecule has 2 atom stereocenters. The second-order valence-electron chi connectivity index (χ2n) is 5.79. The van der Waals surface area contributed by atoms with Gasteiger partial charge in [0.05, 0.1) is 7.11 Å². The standard InChI is InChI=1S/C19H16ClNO4/c1-25-17(23)16(22)11-14(12-7-3-2-4-8-12)19(20)13-9-5-6-10-15(13)21-18(19)24/h2-10,14H,11H2,1H3,(H,21,24)/t14-,19+/m1/s1. The van der Waals surface area contributed by atoms with Gasteiger partial charge in [0.25, 0.3) is 5.91 Å². The number of para-hydroxylation sites is 1. The number of carbonyl (C=O) groups is 3. The van der Waals surface area contributed by atoms with E-state index >= 15 is 0 Å². The normalized spacial score (nSPS) is 19.7. The number of hydrogen-bond donors (Lipinski definition) is 1. The molecule has 0 unspecified atom stereocenters. The topological polar surface area (TPSA) is 72.5 Å². The molecule has 0 bridgehead atoms. The molecule has 0 fully saturated rings. The number of ketones is 1. The molecular formula is C19H16ClNO4. The van der Waals surface area contributed by atoms with Crippen molar-refractivity contribution in [1.29, 1.82) is 0 Å². The quantitative estimate of drug-likeness (QED) is 0.507. The molecule has 0 radical (unpaired) electrons. The van der Waals surface area contributed by atoms with Crippen molar-refractivity contribution in [2.75, 3.05) is 12.4 Å². The number of hydrogen-bond acceptors (Lipinski definition) is 4. The average Bonchev–Trinajstić information content (AvgIpc) is 2.91. The zero-order chi connectivity index (χ0) is 18.0. The first kappa shape index (κ1) is 17.2. The summed E-state index contributed by atoms with van der Waals surface area (Å²) in [5, 5.41) is 2.76. The molecule has 1 amide bonds. The Bertz CT molecular complexity index is 836. The van der Waals surface area contributed by atoms with Crippen molar-refractivity contribution < 1.29 is 19.1 Å². The number of Topliss-reactive ketones (excluding diaryl/α,β-unsaturated/α-hetero) is 1. The van der Waals surface area contributed by atoms with E-state index in [2.05, 4.69) is 10.1 Å². The third kappa shape index (κ3) is 2.91. The van der Waals surface area contributed by atoms with E-state index in [4.69, 9.17) is 11.6 Å². The number of methoxy groups -OCH3 is 1. The lowest BCUT2D eigenvalue weighted by atomic mass is 9.78. The fourth-order valence-electron chi connectivity index (χ4n) is 3.15. The number of rotatable bonds is 5. The van der Waals surface area contributed by atoms with Crippen molar-refractivity contribution in [3.05, 3.63) is 65.7 Å². The predicted molar refractivity (Wildman–Crippen MR) is 93.4 cm³/mol. The number of ether oxygens (including phenoxy) is 1. The van der Waals surface area contributed by atoms with Crippen LogP contribution in [0.25, 0.3) is 0 Å². The van der Waals surface area contributed by atoms with E-state index in [-0.39, 0.29) is 6.42 Å². The van der Waals surface area contributed by atoms with E-state index in [1.54, 1.807) is 48.5 Å². The minimum absolute atomic E-state index is 0.234. The van der Waals surface area contributed by atoms with Gasteiger partial charge in [-0.25, -0.2) is 4.79 Å². The van der Waals surface area contributed by atoms with Crippen LogP contribution in [-0.2, 0) is 24.0 Å². The maximum absolute atomic E-state index is 12.7. The van der Waals surface area contributed by atoms with E-state index in [0.29, 0.717) is 16.8 Å². The third-order valence-electron chi connectivity index (χ3n) is 4.38. The molecule has 1 aliphatic heterocycles. The van der Waals surface area contributed by atoms with E-state index in [1.165, 1.54) is 0 Å². The van der Waals surface area contributed by atoms with Crippen molar-refractivity contribution in [3.63, 3.8) is 0 Å². The number of fused-ring (bicyclic) bond motifs is 1.